The molecule has 1 aliphatic rings. The minimum Gasteiger partial charge on any atom is -0.497 e. The number of piperidine rings is 1. The average Bonchev–Trinajstić information content (AvgIpc) is 3.27. The number of anilines is 1. The Morgan fingerprint density at radius 3 is 2.65 bits per heavy atom. The second kappa shape index (κ2) is 9.20. The first-order valence-corrected chi connectivity index (χ1v) is 10.6. The van der Waals surface area contributed by atoms with E-state index in [2.05, 4.69) is 46.2 Å². The summed E-state index contributed by atoms with van der Waals surface area (Å²) in [5.41, 5.74) is 3.25. The zero-order valence-corrected chi connectivity index (χ0v) is 18.2. The van der Waals surface area contributed by atoms with Gasteiger partial charge in [-0.15, -0.1) is 0 Å². The van der Waals surface area contributed by atoms with Gasteiger partial charge in [0.05, 0.1) is 19.6 Å². The molecule has 4 rings (SSSR count). The molecule has 0 spiro atoms. The maximum atomic E-state index is 13.1. The highest BCUT2D eigenvalue weighted by Crippen LogP contribution is 2.25. The SMILES string of the molecule is COc1ccc(-c2noc(CN(C)C(=O)[C@H]3CCCN(c4ccc(C)cc4)C3)n2)cc1. The second-order valence-electron chi connectivity index (χ2n) is 8.06. The Kier molecular flexibility index (Phi) is 6.21. The van der Waals surface area contributed by atoms with Crippen LogP contribution in [0.4, 0.5) is 5.69 Å². The summed E-state index contributed by atoms with van der Waals surface area (Å²) in [6.07, 6.45) is 1.90. The number of aromatic nitrogens is 2. The van der Waals surface area contributed by atoms with Gasteiger partial charge in [-0.25, -0.2) is 0 Å². The fourth-order valence-corrected chi connectivity index (χ4v) is 3.94. The van der Waals surface area contributed by atoms with E-state index in [1.807, 2.05) is 24.3 Å². The lowest BCUT2D eigenvalue weighted by Crippen LogP contribution is -2.43. The zero-order valence-electron chi connectivity index (χ0n) is 18.2. The van der Waals surface area contributed by atoms with E-state index >= 15 is 0 Å². The van der Waals surface area contributed by atoms with Gasteiger partial charge in [0.15, 0.2) is 0 Å². The van der Waals surface area contributed by atoms with Gasteiger partial charge in [0.1, 0.15) is 5.75 Å². The molecule has 1 saturated heterocycles. The maximum absolute atomic E-state index is 13.1. The summed E-state index contributed by atoms with van der Waals surface area (Å²) < 4.78 is 10.6. The van der Waals surface area contributed by atoms with E-state index in [0.717, 1.165) is 37.2 Å². The van der Waals surface area contributed by atoms with Crippen molar-refractivity contribution in [1.29, 1.82) is 0 Å². The van der Waals surface area contributed by atoms with E-state index < -0.39 is 0 Å². The van der Waals surface area contributed by atoms with E-state index in [4.69, 9.17) is 9.26 Å². The topological polar surface area (TPSA) is 71.7 Å². The Labute approximate surface area is 182 Å². The predicted molar refractivity (Wildman–Crippen MR) is 119 cm³/mol. The number of hydrogen-bond donors (Lipinski definition) is 0. The van der Waals surface area contributed by atoms with Crippen molar-refractivity contribution in [3.63, 3.8) is 0 Å². The third kappa shape index (κ3) is 4.87. The summed E-state index contributed by atoms with van der Waals surface area (Å²) in [6, 6.07) is 15.9. The largest absolute Gasteiger partial charge is 0.497 e. The fraction of sp³-hybridized carbons (Fsp3) is 0.375. The predicted octanol–water partition coefficient (Wildman–Crippen LogP) is 3.93. The molecule has 0 unspecified atom stereocenters. The number of amides is 1. The number of carbonyl (C=O) groups excluding carboxylic acids is 1. The van der Waals surface area contributed by atoms with E-state index in [9.17, 15) is 4.79 Å². The Hall–Kier alpha value is -3.35. The number of aryl methyl sites for hydroxylation is 1. The first kappa shape index (κ1) is 20.9. The van der Waals surface area contributed by atoms with Crippen LogP contribution in [0.1, 0.15) is 24.3 Å². The number of nitrogens with zero attached hydrogens (tertiary/aromatic N) is 4. The van der Waals surface area contributed by atoms with Gasteiger partial charge in [-0.2, -0.15) is 4.98 Å². The van der Waals surface area contributed by atoms with Crippen LogP contribution in [0.25, 0.3) is 11.4 Å². The van der Waals surface area contributed by atoms with Gasteiger partial charge in [-0.05, 0) is 56.2 Å². The van der Waals surface area contributed by atoms with E-state index in [0.29, 0.717) is 18.3 Å². The smallest absolute Gasteiger partial charge is 0.246 e. The van der Waals surface area contributed by atoms with Gasteiger partial charge >= 0.3 is 0 Å². The number of methoxy groups -OCH3 is 1. The van der Waals surface area contributed by atoms with Gasteiger partial charge in [0, 0.05) is 31.4 Å². The molecule has 2 aromatic carbocycles. The molecule has 1 amide bonds. The average molecular weight is 421 g/mol. The molecule has 7 heteroatoms. The quantitative estimate of drug-likeness (QED) is 0.602. The molecule has 162 valence electrons. The van der Waals surface area contributed by atoms with Gasteiger partial charge in [-0.3, -0.25) is 4.79 Å². The lowest BCUT2D eigenvalue weighted by molar-refractivity contribution is -0.135. The van der Waals surface area contributed by atoms with Crippen molar-refractivity contribution in [3.05, 3.63) is 60.0 Å². The molecule has 31 heavy (non-hydrogen) atoms. The summed E-state index contributed by atoms with van der Waals surface area (Å²) in [5.74, 6) is 1.77. The standard InChI is InChI=1S/C24H28N4O3/c1-17-6-10-20(11-7-17)28-14-4-5-19(15-28)24(29)27(2)16-22-25-23(26-31-22)18-8-12-21(30-3)13-9-18/h6-13,19H,4-5,14-16H2,1-3H3/t19-/m0/s1. The first-order chi connectivity index (χ1) is 15.0. The first-order valence-electron chi connectivity index (χ1n) is 10.6. The molecule has 1 fully saturated rings. The minimum absolute atomic E-state index is 0.0379. The monoisotopic (exact) mass is 420 g/mol. The van der Waals surface area contributed by atoms with Gasteiger partial charge < -0.3 is 19.1 Å². The van der Waals surface area contributed by atoms with Crippen LogP contribution in [0, 0.1) is 12.8 Å². The van der Waals surface area contributed by atoms with Crippen LogP contribution in [-0.2, 0) is 11.3 Å². The summed E-state index contributed by atoms with van der Waals surface area (Å²) in [7, 11) is 3.42. The maximum Gasteiger partial charge on any atom is 0.246 e. The number of rotatable bonds is 6. The Morgan fingerprint density at radius 1 is 1.19 bits per heavy atom. The minimum atomic E-state index is -0.0379. The number of hydrogen-bond acceptors (Lipinski definition) is 6. The molecule has 3 aromatic rings. The number of carbonyl (C=O) groups is 1. The van der Waals surface area contributed by atoms with E-state index in [1.54, 1.807) is 19.1 Å². The third-order valence-corrected chi connectivity index (χ3v) is 5.73. The van der Waals surface area contributed by atoms with Crippen molar-refractivity contribution < 1.29 is 14.1 Å². The van der Waals surface area contributed by atoms with E-state index in [1.165, 1.54) is 11.3 Å². The molecule has 1 aromatic heterocycles. The van der Waals surface area contributed by atoms with Crippen LogP contribution in [-0.4, -0.2) is 48.2 Å². The van der Waals surface area contributed by atoms with Gasteiger partial charge in [0.2, 0.25) is 17.6 Å². The molecule has 0 N–H and O–H groups in total. The Balaban J connectivity index is 1.38. The molecule has 0 aliphatic carbocycles. The molecule has 2 heterocycles. The van der Waals surface area contributed by atoms with Crippen molar-refractivity contribution >= 4 is 11.6 Å². The lowest BCUT2D eigenvalue weighted by atomic mass is 9.96. The van der Waals surface area contributed by atoms with Crippen molar-refractivity contribution in [3.8, 4) is 17.1 Å². The van der Waals surface area contributed by atoms with Crippen LogP contribution in [0.3, 0.4) is 0 Å². The van der Waals surface area contributed by atoms with Crippen molar-refractivity contribution in [2.45, 2.75) is 26.3 Å². The fourth-order valence-electron chi connectivity index (χ4n) is 3.94. The van der Waals surface area contributed by atoms with E-state index in [-0.39, 0.29) is 11.8 Å². The van der Waals surface area contributed by atoms with Crippen LogP contribution in [0.5, 0.6) is 5.75 Å². The second-order valence-corrected chi connectivity index (χ2v) is 8.06. The number of benzene rings is 2. The highest BCUT2D eigenvalue weighted by molar-refractivity contribution is 5.79. The normalized spacial score (nSPS) is 16.2. The Bertz CT molecular complexity index is 1010. The summed E-state index contributed by atoms with van der Waals surface area (Å²) in [4.78, 5) is 21.5. The van der Waals surface area contributed by atoms with Crippen LogP contribution in [0.2, 0.25) is 0 Å². The molecular formula is C24H28N4O3. The molecule has 0 radical (unpaired) electrons. The highest BCUT2D eigenvalue weighted by atomic mass is 16.5. The summed E-state index contributed by atoms with van der Waals surface area (Å²) in [5, 5.41) is 4.05. The van der Waals surface area contributed by atoms with Crippen LogP contribution in [0.15, 0.2) is 53.1 Å². The van der Waals surface area contributed by atoms with Crippen molar-refractivity contribution in [2.24, 2.45) is 5.92 Å². The zero-order chi connectivity index (χ0) is 21.8. The molecule has 7 nitrogen and oxygen atoms in total. The molecule has 0 bridgehead atoms. The molecule has 1 atom stereocenters. The Morgan fingerprint density at radius 2 is 1.94 bits per heavy atom. The molecule has 1 aliphatic heterocycles. The lowest BCUT2D eigenvalue weighted by Gasteiger charge is -2.35. The number of ether oxygens (including phenoxy) is 1. The highest BCUT2D eigenvalue weighted by Gasteiger charge is 2.29. The molecule has 0 saturated carbocycles. The van der Waals surface area contributed by atoms with Gasteiger partial charge in [0.25, 0.3) is 0 Å². The van der Waals surface area contributed by atoms with Crippen molar-refractivity contribution in [1.82, 2.24) is 15.0 Å². The third-order valence-electron chi connectivity index (χ3n) is 5.73. The summed E-state index contributed by atoms with van der Waals surface area (Å²) >= 11 is 0. The van der Waals surface area contributed by atoms with Crippen LogP contribution >= 0.6 is 0 Å². The molecular weight excluding hydrogens is 392 g/mol. The van der Waals surface area contributed by atoms with Crippen LogP contribution < -0.4 is 9.64 Å². The van der Waals surface area contributed by atoms with Gasteiger partial charge in [-0.1, -0.05) is 22.9 Å². The van der Waals surface area contributed by atoms with Crippen molar-refractivity contribution in [2.75, 3.05) is 32.1 Å². The summed E-state index contributed by atoms with van der Waals surface area (Å²) in [6.45, 7) is 4.08.